The fraction of sp³-hybridized carbons (Fsp3) is 0.800. The van der Waals surface area contributed by atoms with Gasteiger partial charge in [-0.3, -0.25) is 4.79 Å². The Labute approximate surface area is 65.4 Å². The minimum Gasteiger partial charge on any atom is -0.480 e. The molecule has 0 aromatic carbocycles. The number of carboxylic acid groups (broad SMARTS) is 1. The zero-order chi connectivity index (χ0) is 7.44. The quantitative estimate of drug-likeness (QED) is 0.529. The van der Waals surface area contributed by atoms with Crippen LogP contribution < -0.4 is 5.73 Å². The molecule has 4 N–H and O–H groups in total. The molecule has 0 amide bonds. The first-order valence-corrected chi connectivity index (χ1v) is 2.68. The van der Waals surface area contributed by atoms with Crippen molar-refractivity contribution in [2.75, 3.05) is 6.61 Å². The van der Waals surface area contributed by atoms with Crippen LogP contribution in [0.4, 0.5) is 0 Å². The van der Waals surface area contributed by atoms with Gasteiger partial charge in [-0.25, -0.2) is 0 Å². The van der Waals surface area contributed by atoms with E-state index in [0.717, 1.165) is 0 Å². The van der Waals surface area contributed by atoms with Crippen molar-refractivity contribution in [1.29, 1.82) is 0 Å². The first-order valence-electron chi connectivity index (χ1n) is 2.68. The summed E-state index contributed by atoms with van der Waals surface area (Å²) in [5.41, 5.74) is 5.11. The van der Waals surface area contributed by atoms with Crippen LogP contribution in [0.5, 0.6) is 0 Å². The third kappa shape index (κ3) is 3.66. The summed E-state index contributed by atoms with van der Waals surface area (Å²) in [6.45, 7) is 1.40. The standard InChI is InChI=1S/C5H11NO3.ClH/c1-3(2-7)4(6)5(8)9;/h3-4,7H,2,6H2,1H3,(H,8,9);1H/t3-,4-;/m0./s1. The summed E-state index contributed by atoms with van der Waals surface area (Å²) in [5, 5.41) is 16.7. The minimum absolute atomic E-state index is 0. The molecule has 0 rings (SSSR count). The fourth-order valence-electron chi connectivity index (χ4n) is 0.357. The summed E-state index contributed by atoms with van der Waals surface area (Å²) in [4.78, 5) is 10.1. The Bertz CT molecular complexity index is 109. The Morgan fingerprint density at radius 1 is 1.70 bits per heavy atom. The maximum atomic E-state index is 10.1. The molecule has 0 spiro atoms. The van der Waals surface area contributed by atoms with E-state index in [1.165, 1.54) is 0 Å². The van der Waals surface area contributed by atoms with Gasteiger partial charge in [0.15, 0.2) is 0 Å². The minimum atomic E-state index is -1.07. The second-order valence-corrected chi connectivity index (χ2v) is 2.02. The predicted molar refractivity (Wildman–Crippen MR) is 39.1 cm³/mol. The molecule has 5 heteroatoms. The van der Waals surface area contributed by atoms with Gasteiger partial charge in [0.2, 0.25) is 0 Å². The van der Waals surface area contributed by atoms with Crippen molar-refractivity contribution >= 4 is 18.4 Å². The lowest BCUT2D eigenvalue weighted by atomic mass is 10.1. The van der Waals surface area contributed by atoms with Crippen LogP contribution in [-0.2, 0) is 4.79 Å². The van der Waals surface area contributed by atoms with Crippen molar-refractivity contribution < 1.29 is 15.0 Å². The van der Waals surface area contributed by atoms with E-state index in [-0.39, 0.29) is 24.9 Å². The molecule has 0 aromatic rings. The molecule has 10 heavy (non-hydrogen) atoms. The third-order valence-electron chi connectivity index (χ3n) is 1.19. The monoisotopic (exact) mass is 169 g/mol. The molecule has 0 aliphatic rings. The van der Waals surface area contributed by atoms with Gasteiger partial charge in [-0.2, -0.15) is 0 Å². The summed E-state index contributed by atoms with van der Waals surface area (Å²) in [6, 6.07) is -0.949. The van der Waals surface area contributed by atoms with Crippen molar-refractivity contribution in [3.05, 3.63) is 0 Å². The fourth-order valence-corrected chi connectivity index (χ4v) is 0.357. The largest absolute Gasteiger partial charge is 0.480 e. The topological polar surface area (TPSA) is 83.5 Å². The van der Waals surface area contributed by atoms with Gasteiger partial charge < -0.3 is 15.9 Å². The van der Waals surface area contributed by atoms with Crippen LogP contribution in [0.2, 0.25) is 0 Å². The van der Waals surface area contributed by atoms with E-state index in [1.54, 1.807) is 6.92 Å². The number of hydrogen-bond acceptors (Lipinski definition) is 3. The molecule has 0 fully saturated rings. The van der Waals surface area contributed by atoms with Gasteiger partial charge in [0.25, 0.3) is 0 Å². The summed E-state index contributed by atoms with van der Waals surface area (Å²) >= 11 is 0. The highest BCUT2D eigenvalue weighted by atomic mass is 35.5. The van der Waals surface area contributed by atoms with E-state index in [2.05, 4.69) is 0 Å². The highest BCUT2D eigenvalue weighted by Crippen LogP contribution is 1.97. The number of aliphatic carboxylic acids is 1. The third-order valence-corrected chi connectivity index (χ3v) is 1.19. The van der Waals surface area contributed by atoms with Crippen molar-refractivity contribution in [3.63, 3.8) is 0 Å². The first kappa shape index (κ1) is 12.4. The Kier molecular flexibility index (Phi) is 6.76. The number of hydrogen-bond donors (Lipinski definition) is 3. The molecule has 62 valence electrons. The second kappa shape index (κ2) is 5.46. The Balaban J connectivity index is 0. The highest BCUT2D eigenvalue weighted by Gasteiger charge is 2.18. The van der Waals surface area contributed by atoms with Crippen LogP contribution in [0, 0.1) is 5.92 Å². The molecule has 4 nitrogen and oxygen atoms in total. The number of rotatable bonds is 3. The molecule has 0 aromatic heterocycles. The van der Waals surface area contributed by atoms with E-state index >= 15 is 0 Å². The molecule has 0 heterocycles. The molecule has 0 radical (unpaired) electrons. The van der Waals surface area contributed by atoms with Crippen LogP contribution in [0.15, 0.2) is 0 Å². The van der Waals surface area contributed by atoms with E-state index in [4.69, 9.17) is 15.9 Å². The second-order valence-electron chi connectivity index (χ2n) is 2.02. The first-order chi connectivity index (χ1) is 4.09. The van der Waals surface area contributed by atoms with Gasteiger partial charge in [-0.05, 0) is 0 Å². The van der Waals surface area contributed by atoms with Crippen LogP contribution in [0.1, 0.15) is 6.92 Å². The molecule has 0 aliphatic heterocycles. The van der Waals surface area contributed by atoms with Crippen LogP contribution in [0.3, 0.4) is 0 Å². The molecule has 0 unspecified atom stereocenters. The summed E-state index contributed by atoms with van der Waals surface area (Å²) in [6.07, 6.45) is 0. The van der Waals surface area contributed by atoms with E-state index in [9.17, 15) is 4.79 Å². The highest BCUT2D eigenvalue weighted by molar-refractivity contribution is 5.85. The maximum absolute atomic E-state index is 10.1. The zero-order valence-corrected chi connectivity index (χ0v) is 6.47. The number of halogens is 1. The Morgan fingerprint density at radius 3 is 2.20 bits per heavy atom. The van der Waals surface area contributed by atoms with Crippen LogP contribution >= 0.6 is 12.4 Å². The van der Waals surface area contributed by atoms with Gasteiger partial charge in [-0.15, -0.1) is 12.4 Å². The number of aliphatic hydroxyl groups excluding tert-OH is 1. The Morgan fingerprint density at radius 2 is 2.10 bits per heavy atom. The Hall–Kier alpha value is -0.320. The number of carboxylic acids is 1. The smallest absolute Gasteiger partial charge is 0.320 e. The molecule has 0 saturated carbocycles. The van der Waals surface area contributed by atoms with Crippen molar-refractivity contribution in [1.82, 2.24) is 0 Å². The summed E-state index contributed by atoms with van der Waals surface area (Å²) in [5.74, 6) is -1.45. The maximum Gasteiger partial charge on any atom is 0.320 e. The van der Waals surface area contributed by atoms with E-state index in [1.807, 2.05) is 0 Å². The molecule has 0 aliphatic carbocycles. The molecule has 0 saturated heterocycles. The molecular weight excluding hydrogens is 158 g/mol. The van der Waals surface area contributed by atoms with E-state index in [0.29, 0.717) is 0 Å². The van der Waals surface area contributed by atoms with Crippen LogP contribution in [0.25, 0.3) is 0 Å². The molecule has 0 bridgehead atoms. The number of carbonyl (C=O) groups is 1. The lowest BCUT2D eigenvalue weighted by Gasteiger charge is -2.11. The lowest BCUT2D eigenvalue weighted by Crippen LogP contribution is -2.38. The van der Waals surface area contributed by atoms with Crippen molar-refractivity contribution in [3.8, 4) is 0 Å². The average Bonchev–Trinajstić information content (AvgIpc) is 1.84. The van der Waals surface area contributed by atoms with Gasteiger partial charge in [0, 0.05) is 12.5 Å². The lowest BCUT2D eigenvalue weighted by molar-refractivity contribution is -0.140. The summed E-state index contributed by atoms with van der Waals surface area (Å²) in [7, 11) is 0. The summed E-state index contributed by atoms with van der Waals surface area (Å²) < 4.78 is 0. The predicted octanol–water partition coefficient (Wildman–Crippen LogP) is -0.551. The molecule has 2 atom stereocenters. The van der Waals surface area contributed by atoms with Gasteiger partial charge in [0.1, 0.15) is 6.04 Å². The van der Waals surface area contributed by atoms with Crippen LogP contribution in [-0.4, -0.2) is 28.8 Å². The van der Waals surface area contributed by atoms with E-state index < -0.39 is 12.0 Å². The van der Waals surface area contributed by atoms with Gasteiger partial charge in [-0.1, -0.05) is 6.92 Å². The zero-order valence-electron chi connectivity index (χ0n) is 5.65. The van der Waals surface area contributed by atoms with Gasteiger partial charge >= 0.3 is 5.97 Å². The average molecular weight is 170 g/mol. The molecular formula is C5H12ClNO3. The van der Waals surface area contributed by atoms with Gasteiger partial charge in [0.05, 0.1) is 0 Å². The van der Waals surface area contributed by atoms with Crippen molar-refractivity contribution in [2.24, 2.45) is 11.7 Å². The van der Waals surface area contributed by atoms with Crippen molar-refractivity contribution in [2.45, 2.75) is 13.0 Å². The number of nitrogens with two attached hydrogens (primary N) is 1. The number of aliphatic hydroxyl groups is 1. The normalized spacial score (nSPS) is 15.1. The SMILES string of the molecule is C[C@@H](CO)[C@H](N)C(=O)O.Cl.